The second-order valence-electron chi connectivity index (χ2n) is 9.28. The molecule has 4 aliphatic carbocycles. The molecule has 0 aromatic rings. The summed E-state index contributed by atoms with van der Waals surface area (Å²) in [5, 5.41) is 11.1. The molecule has 0 heterocycles. The molecule has 4 rings (SSSR count). The van der Waals surface area contributed by atoms with Crippen LogP contribution < -0.4 is 5.73 Å². The van der Waals surface area contributed by atoms with E-state index in [-0.39, 0.29) is 11.5 Å². The van der Waals surface area contributed by atoms with Crippen LogP contribution in [0.5, 0.6) is 0 Å². The zero-order chi connectivity index (χ0) is 14.8. The molecule has 4 aliphatic rings. The average molecular weight is 291 g/mol. The SMILES string of the molecule is C[C@]12CCCC[C@@H]1CC[C@@H]1[C@@H]2[C@@H](O)C[C@]2(C)[C@@H](N)CC[C@@H]12. The lowest BCUT2D eigenvalue weighted by molar-refractivity contribution is -0.164. The van der Waals surface area contributed by atoms with Crippen LogP contribution in [0.2, 0.25) is 0 Å². The maximum Gasteiger partial charge on any atom is 0.0582 e. The van der Waals surface area contributed by atoms with Gasteiger partial charge in [0.25, 0.3) is 0 Å². The Kier molecular flexibility index (Phi) is 3.25. The molecule has 2 nitrogen and oxygen atoms in total. The molecule has 0 amide bonds. The van der Waals surface area contributed by atoms with Crippen LogP contribution in [0.1, 0.15) is 71.6 Å². The van der Waals surface area contributed by atoms with E-state index in [1.165, 1.54) is 51.4 Å². The molecular formula is C19H33NO. The highest BCUT2D eigenvalue weighted by molar-refractivity contribution is 5.12. The van der Waals surface area contributed by atoms with E-state index in [2.05, 4.69) is 13.8 Å². The fourth-order valence-electron chi connectivity index (χ4n) is 7.46. The van der Waals surface area contributed by atoms with Gasteiger partial charge in [0.2, 0.25) is 0 Å². The summed E-state index contributed by atoms with van der Waals surface area (Å²) < 4.78 is 0. The van der Waals surface area contributed by atoms with Gasteiger partial charge in [0.05, 0.1) is 6.10 Å². The highest BCUT2D eigenvalue weighted by Gasteiger charge is 2.61. The molecular weight excluding hydrogens is 258 g/mol. The van der Waals surface area contributed by atoms with Gasteiger partial charge in [-0.2, -0.15) is 0 Å². The van der Waals surface area contributed by atoms with Gasteiger partial charge in [0, 0.05) is 6.04 Å². The van der Waals surface area contributed by atoms with Crippen molar-refractivity contribution in [3.8, 4) is 0 Å². The number of aliphatic hydroxyl groups is 1. The molecule has 4 fully saturated rings. The fourth-order valence-corrected chi connectivity index (χ4v) is 7.46. The monoisotopic (exact) mass is 291 g/mol. The normalized spacial score (nSPS) is 60.0. The highest BCUT2D eigenvalue weighted by atomic mass is 16.3. The van der Waals surface area contributed by atoms with Crippen LogP contribution in [-0.4, -0.2) is 17.3 Å². The third-order valence-corrected chi connectivity index (χ3v) is 8.58. The van der Waals surface area contributed by atoms with Crippen LogP contribution in [0.25, 0.3) is 0 Å². The first kappa shape index (κ1) is 14.5. The molecule has 3 N–H and O–H groups in total. The second kappa shape index (κ2) is 4.71. The van der Waals surface area contributed by atoms with Crippen LogP contribution in [0.3, 0.4) is 0 Å². The Morgan fingerprint density at radius 1 is 0.952 bits per heavy atom. The summed E-state index contributed by atoms with van der Waals surface area (Å²) in [6.45, 7) is 4.90. The van der Waals surface area contributed by atoms with Crippen molar-refractivity contribution in [2.45, 2.75) is 83.8 Å². The van der Waals surface area contributed by atoms with Gasteiger partial charge in [-0.25, -0.2) is 0 Å². The lowest BCUT2D eigenvalue weighted by Crippen LogP contribution is -2.59. The van der Waals surface area contributed by atoms with Crippen molar-refractivity contribution in [2.24, 2.45) is 40.2 Å². The molecule has 0 aromatic carbocycles. The van der Waals surface area contributed by atoms with Crippen molar-refractivity contribution in [3.63, 3.8) is 0 Å². The minimum absolute atomic E-state index is 0.105. The first-order valence-electron chi connectivity index (χ1n) is 9.40. The Bertz CT molecular complexity index is 424. The van der Waals surface area contributed by atoms with Gasteiger partial charge < -0.3 is 10.8 Å². The zero-order valence-corrected chi connectivity index (χ0v) is 13.9. The first-order chi connectivity index (χ1) is 9.97. The number of hydrogen-bond acceptors (Lipinski definition) is 2. The van der Waals surface area contributed by atoms with Gasteiger partial charge in [-0.1, -0.05) is 26.7 Å². The van der Waals surface area contributed by atoms with E-state index in [9.17, 15) is 5.11 Å². The van der Waals surface area contributed by atoms with Gasteiger partial charge in [-0.15, -0.1) is 0 Å². The predicted octanol–water partition coefficient (Wildman–Crippen LogP) is 3.72. The van der Waals surface area contributed by atoms with E-state index in [1.54, 1.807) is 0 Å². The summed E-state index contributed by atoms with van der Waals surface area (Å²) in [4.78, 5) is 0. The number of nitrogens with two attached hydrogens (primary N) is 1. The fraction of sp³-hybridized carbons (Fsp3) is 1.00. The van der Waals surface area contributed by atoms with Gasteiger partial charge in [0.15, 0.2) is 0 Å². The number of rotatable bonds is 0. The second-order valence-corrected chi connectivity index (χ2v) is 9.28. The Labute approximate surface area is 129 Å². The maximum atomic E-state index is 11.1. The van der Waals surface area contributed by atoms with Crippen LogP contribution in [0.15, 0.2) is 0 Å². The topological polar surface area (TPSA) is 46.2 Å². The summed E-state index contributed by atoms with van der Waals surface area (Å²) in [5.41, 5.74) is 7.08. The minimum atomic E-state index is -0.105. The average Bonchev–Trinajstić information content (AvgIpc) is 2.73. The maximum absolute atomic E-state index is 11.1. The first-order valence-corrected chi connectivity index (χ1v) is 9.40. The van der Waals surface area contributed by atoms with Crippen molar-refractivity contribution < 1.29 is 5.11 Å². The molecule has 4 saturated carbocycles. The Balaban J connectivity index is 1.70. The lowest BCUT2D eigenvalue weighted by Gasteiger charge is -2.61. The summed E-state index contributed by atoms with van der Waals surface area (Å²) in [6, 6.07) is 0.315. The standard InChI is InChI=1S/C19H33NO/c1-18-10-4-3-5-12(18)6-7-13-14-8-9-16(20)19(14,2)11-15(21)17(13)18/h12-17,21H,3-11,20H2,1-2H3/t12-,13+,14+,15+,16+,17-,18+,19+/m1/s1. The van der Waals surface area contributed by atoms with E-state index in [0.29, 0.717) is 17.4 Å². The summed E-state index contributed by atoms with van der Waals surface area (Å²) in [7, 11) is 0. The molecule has 2 heteroatoms. The van der Waals surface area contributed by atoms with Crippen LogP contribution in [0.4, 0.5) is 0 Å². The highest BCUT2D eigenvalue weighted by Crippen LogP contribution is 2.65. The lowest BCUT2D eigenvalue weighted by atomic mass is 9.44. The zero-order valence-electron chi connectivity index (χ0n) is 13.9. The van der Waals surface area contributed by atoms with E-state index in [1.807, 2.05) is 0 Å². The predicted molar refractivity (Wildman–Crippen MR) is 85.7 cm³/mol. The molecule has 0 unspecified atom stereocenters. The summed E-state index contributed by atoms with van der Waals surface area (Å²) >= 11 is 0. The summed E-state index contributed by atoms with van der Waals surface area (Å²) in [5.74, 6) is 2.95. The molecule has 120 valence electrons. The Morgan fingerprint density at radius 3 is 2.57 bits per heavy atom. The molecule has 0 bridgehead atoms. The van der Waals surface area contributed by atoms with Crippen LogP contribution >= 0.6 is 0 Å². The van der Waals surface area contributed by atoms with Crippen molar-refractivity contribution in [3.05, 3.63) is 0 Å². The minimum Gasteiger partial charge on any atom is -0.393 e. The van der Waals surface area contributed by atoms with E-state index >= 15 is 0 Å². The number of hydrogen-bond donors (Lipinski definition) is 2. The van der Waals surface area contributed by atoms with Gasteiger partial charge in [-0.05, 0) is 79.4 Å². The molecule has 0 spiro atoms. The third-order valence-electron chi connectivity index (χ3n) is 8.58. The van der Waals surface area contributed by atoms with Crippen molar-refractivity contribution in [2.75, 3.05) is 0 Å². The van der Waals surface area contributed by atoms with Crippen LogP contribution in [0, 0.1) is 34.5 Å². The Morgan fingerprint density at radius 2 is 1.76 bits per heavy atom. The van der Waals surface area contributed by atoms with Crippen molar-refractivity contribution in [1.82, 2.24) is 0 Å². The van der Waals surface area contributed by atoms with Gasteiger partial charge >= 0.3 is 0 Å². The number of aliphatic hydroxyl groups excluding tert-OH is 1. The molecule has 0 aromatic heterocycles. The summed E-state index contributed by atoms with van der Waals surface area (Å²) in [6.07, 6.45) is 11.7. The quantitative estimate of drug-likeness (QED) is 0.714. The Hall–Kier alpha value is -0.0800. The third kappa shape index (κ3) is 1.84. The van der Waals surface area contributed by atoms with Gasteiger partial charge in [0.1, 0.15) is 0 Å². The molecule has 0 aliphatic heterocycles. The van der Waals surface area contributed by atoms with E-state index in [0.717, 1.165) is 24.2 Å². The van der Waals surface area contributed by atoms with E-state index in [4.69, 9.17) is 5.73 Å². The van der Waals surface area contributed by atoms with E-state index < -0.39 is 0 Å². The number of fused-ring (bicyclic) bond motifs is 5. The molecule has 0 radical (unpaired) electrons. The molecule has 21 heavy (non-hydrogen) atoms. The van der Waals surface area contributed by atoms with Gasteiger partial charge in [-0.3, -0.25) is 0 Å². The largest absolute Gasteiger partial charge is 0.393 e. The van der Waals surface area contributed by atoms with Crippen molar-refractivity contribution >= 4 is 0 Å². The van der Waals surface area contributed by atoms with Crippen LogP contribution in [-0.2, 0) is 0 Å². The van der Waals surface area contributed by atoms with Crippen molar-refractivity contribution in [1.29, 1.82) is 0 Å². The molecule has 8 atom stereocenters. The molecule has 0 saturated heterocycles. The smallest absolute Gasteiger partial charge is 0.0582 e.